The van der Waals surface area contributed by atoms with Crippen LogP contribution >= 0.6 is 0 Å². The maximum absolute atomic E-state index is 12.6. The van der Waals surface area contributed by atoms with Crippen molar-refractivity contribution in [3.63, 3.8) is 0 Å². The van der Waals surface area contributed by atoms with E-state index >= 15 is 0 Å². The quantitative estimate of drug-likeness (QED) is 0.772. The van der Waals surface area contributed by atoms with Crippen LogP contribution in [0.1, 0.15) is 44.6 Å². The summed E-state index contributed by atoms with van der Waals surface area (Å²) in [5, 5.41) is 0. The average Bonchev–Trinajstić information content (AvgIpc) is 2.60. The first-order valence-corrected chi connectivity index (χ1v) is 8.63. The van der Waals surface area contributed by atoms with Gasteiger partial charge >= 0.3 is 0 Å². The van der Waals surface area contributed by atoms with Gasteiger partial charge in [-0.1, -0.05) is 19.1 Å². The predicted octanol–water partition coefficient (Wildman–Crippen LogP) is 3.46. The van der Waals surface area contributed by atoms with Gasteiger partial charge in [0, 0.05) is 26.1 Å². The molecule has 0 N–H and O–H groups in total. The lowest BCUT2D eigenvalue weighted by Crippen LogP contribution is -2.41. The van der Waals surface area contributed by atoms with Crippen molar-refractivity contribution in [1.29, 1.82) is 0 Å². The van der Waals surface area contributed by atoms with Crippen LogP contribution in [0.3, 0.4) is 0 Å². The van der Waals surface area contributed by atoms with Gasteiger partial charge in [0.25, 0.3) is 0 Å². The molecule has 4 heteroatoms. The molecule has 0 spiro atoms. The highest BCUT2D eigenvalue weighted by Crippen LogP contribution is 2.24. The summed E-state index contributed by atoms with van der Waals surface area (Å²) in [5.41, 5.74) is 1.18. The fraction of sp³-hybridized carbons (Fsp3) is 0.632. The minimum atomic E-state index is 0.223. The Morgan fingerprint density at radius 1 is 1.35 bits per heavy atom. The molecule has 4 nitrogen and oxygen atoms in total. The molecule has 1 heterocycles. The number of carbonyl (C=O) groups is 1. The number of piperidine rings is 1. The average molecular weight is 319 g/mol. The lowest BCUT2D eigenvalue weighted by Gasteiger charge is -2.33. The lowest BCUT2D eigenvalue weighted by molar-refractivity contribution is -0.133. The van der Waals surface area contributed by atoms with Gasteiger partial charge < -0.3 is 14.4 Å². The standard InChI is InChI=1S/C19H29NO3/c1-4-23-14-16-6-5-11-20(13-16)19(21)12-15(2)17-7-9-18(22-3)10-8-17/h7-10,15-16H,4-6,11-14H2,1-3H3. The SMILES string of the molecule is CCOCC1CCCN(C(=O)CC(C)c2ccc(OC)cc2)C1. The van der Waals surface area contributed by atoms with Gasteiger partial charge in [-0.3, -0.25) is 4.79 Å². The first-order valence-electron chi connectivity index (χ1n) is 8.63. The van der Waals surface area contributed by atoms with Crippen molar-refractivity contribution in [2.24, 2.45) is 5.92 Å². The molecule has 2 rings (SSSR count). The summed E-state index contributed by atoms with van der Waals surface area (Å²) in [6.07, 6.45) is 2.81. The zero-order valence-electron chi connectivity index (χ0n) is 14.6. The van der Waals surface area contributed by atoms with Gasteiger partial charge in [-0.2, -0.15) is 0 Å². The molecule has 1 fully saturated rings. The summed E-state index contributed by atoms with van der Waals surface area (Å²) in [7, 11) is 1.66. The maximum Gasteiger partial charge on any atom is 0.223 e. The van der Waals surface area contributed by atoms with Crippen LogP contribution in [0.5, 0.6) is 5.75 Å². The molecule has 2 atom stereocenters. The second-order valence-corrected chi connectivity index (χ2v) is 6.39. The Labute approximate surface area is 139 Å². The Bertz CT molecular complexity index is 486. The lowest BCUT2D eigenvalue weighted by atomic mass is 9.95. The molecule has 0 bridgehead atoms. The molecule has 1 aliphatic rings. The topological polar surface area (TPSA) is 38.8 Å². The van der Waals surface area contributed by atoms with Crippen LogP contribution in [-0.4, -0.2) is 44.2 Å². The molecular weight excluding hydrogens is 290 g/mol. The van der Waals surface area contributed by atoms with Gasteiger partial charge in [0.1, 0.15) is 5.75 Å². The molecule has 0 aromatic heterocycles. The summed E-state index contributed by atoms with van der Waals surface area (Å²) < 4.78 is 10.7. The van der Waals surface area contributed by atoms with Crippen LogP contribution in [0.4, 0.5) is 0 Å². The Morgan fingerprint density at radius 2 is 2.09 bits per heavy atom. The van der Waals surface area contributed by atoms with E-state index in [0.717, 1.165) is 44.9 Å². The Kier molecular flexibility index (Phi) is 6.90. The monoisotopic (exact) mass is 319 g/mol. The van der Waals surface area contributed by atoms with E-state index < -0.39 is 0 Å². The summed E-state index contributed by atoms with van der Waals surface area (Å²) in [4.78, 5) is 14.6. The summed E-state index contributed by atoms with van der Waals surface area (Å²) in [6.45, 7) is 7.38. The third-order valence-electron chi connectivity index (χ3n) is 4.60. The third kappa shape index (κ3) is 5.24. The zero-order valence-corrected chi connectivity index (χ0v) is 14.6. The van der Waals surface area contributed by atoms with Gasteiger partial charge in [0.15, 0.2) is 0 Å². The summed E-state index contributed by atoms with van der Waals surface area (Å²) >= 11 is 0. The maximum atomic E-state index is 12.6. The normalized spacial score (nSPS) is 19.4. The molecule has 1 aromatic rings. The molecular formula is C19H29NO3. The Hall–Kier alpha value is -1.55. The number of likely N-dealkylation sites (tertiary alicyclic amines) is 1. The van der Waals surface area contributed by atoms with Crippen LogP contribution in [0.2, 0.25) is 0 Å². The van der Waals surface area contributed by atoms with Crippen molar-refractivity contribution in [1.82, 2.24) is 4.90 Å². The fourth-order valence-corrected chi connectivity index (χ4v) is 3.15. The molecule has 1 saturated heterocycles. The first kappa shape index (κ1) is 17.8. The molecule has 128 valence electrons. The molecule has 1 aromatic carbocycles. The molecule has 2 unspecified atom stereocenters. The number of rotatable bonds is 7. The van der Waals surface area contributed by atoms with Crippen LogP contribution in [0.25, 0.3) is 0 Å². The van der Waals surface area contributed by atoms with Crippen LogP contribution in [-0.2, 0) is 9.53 Å². The van der Waals surface area contributed by atoms with E-state index in [0.29, 0.717) is 12.3 Å². The Morgan fingerprint density at radius 3 is 2.74 bits per heavy atom. The van der Waals surface area contributed by atoms with Gasteiger partial charge in [-0.15, -0.1) is 0 Å². The van der Waals surface area contributed by atoms with Crippen molar-refractivity contribution in [2.75, 3.05) is 33.4 Å². The van der Waals surface area contributed by atoms with Crippen molar-refractivity contribution < 1.29 is 14.3 Å². The van der Waals surface area contributed by atoms with Crippen LogP contribution in [0, 0.1) is 5.92 Å². The summed E-state index contributed by atoms with van der Waals surface area (Å²) in [6, 6.07) is 8.00. The minimum absolute atomic E-state index is 0.223. The molecule has 1 aliphatic heterocycles. The van der Waals surface area contributed by atoms with Gasteiger partial charge in [0.05, 0.1) is 13.7 Å². The zero-order chi connectivity index (χ0) is 16.7. The number of methoxy groups -OCH3 is 1. The van der Waals surface area contributed by atoms with E-state index in [-0.39, 0.29) is 11.8 Å². The van der Waals surface area contributed by atoms with Crippen molar-refractivity contribution >= 4 is 5.91 Å². The van der Waals surface area contributed by atoms with E-state index in [2.05, 4.69) is 6.92 Å². The molecule has 0 radical (unpaired) electrons. The number of hydrogen-bond donors (Lipinski definition) is 0. The third-order valence-corrected chi connectivity index (χ3v) is 4.60. The number of amides is 1. The number of hydrogen-bond acceptors (Lipinski definition) is 3. The van der Waals surface area contributed by atoms with E-state index in [4.69, 9.17) is 9.47 Å². The smallest absolute Gasteiger partial charge is 0.223 e. The Balaban J connectivity index is 1.86. The number of benzene rings is 1. The minimum Gasteiger partial charge on any atom is -0.497 e. The second-order valence-electron chi connectivity index (χ2n) is 6.39. The van der Waals surface area contributed by atoms with E-state index in [1.165, 1.54) is 5.56 Å². The van der Waals surface area contributed by atoms with E-state index in [1.807, 2.05) is 36.1 Å². The number of nitrogens with zero attached hydrogens (tertiary/aromatic N) is 1. The molecule has 23 heavy (non-hydrogen) atoms. The highest BCUT2D eigenvalue weighted by atomic mass is 16.5. The predicted molar refractivity (Wildman–Crippen MR) is 91.8 cm³/mol. The summed E-state index contributed by atoms with van der Waals surface area (Å²) in [5.74, 6) is 1.82. The van der Waals surface area contributed by atoms with Crippen molar-refractivity contribution in [3.8, 4) is 5.75 Å². The number of carbonyl (C=O) groups excluding carboxylic acids is 1. The highest BCUT2D eigenvalue weighted by molar-refractivity contribution is 5.77. The first-order chi connectivity index (χ1) is 11.1. The molecule has 0 saturated carbocycles. The van der Waals surface area contributed by atoms with Gasteiger partial charge in [-0.25, -0.2) is 0 Å². The fourth-order valence-electron chi connectivity index (χ4n) is 3.15. The van der Waals surface area contributed by atoms with Crippen LogP contribution in [0.15, 0.2) is 24.3 Å². The van der Waals surface area contributed by atoms with Gasteiger partial charge in [-0.05, 0) is 49.3 Å². The van der Waals surface area contributed by atoms with Crippen molar-refractivity contribution in [3.05, 3.63) is 29.8 Å². The van der Waals surface area contributed by atoms with Gasteiger partial charge in [0.2, 0.25) is 5.91 Å². The number of ether oxygens (including phenoxy) is 2. The van der Waals surface area contributed by atoms with Crippen molar-refractivity contribution in [2.45, 2.75) is 39.0 Å². The second kappa shape index (κ2) is 8.92. The van der Waals surface area contributed by atoms with E-state index in [9.17, 15) is 4.79 Å². The molecule has 1 amide bonds. The van der Waals surface area contributed by atoms with E-state index in [1.54, 1.807) is 7.11 Å². The largest absolute Gasteiger partial charge is 0.497 e. The molecule has 0 aliphatic carbocycles. The highest BCUT2D eigenvalue weighted by Gasteiger charge is 2.24. The van der Waals surface area contributed by atoms with Crippen LogP contribution < -0.4 is 4.74 Å².